The van der Waals surface area contributed by atoms with Gasteiger partial charge in [0.1, 0.15) is 5.01 Å². The molecule has 1 rings (SSSR count). The molecule has 1 aromatic rings. The van der Waals surface area contributed by atoms with Gasteiger partial charge in [-0.3, -0.25) is 4.79 Å². The van der Waals surface area contributed by atoms with Gasteiger partial charge in [0.15, 0.2) is 22.0 Å². The summed E-state index contributed by atoms with van der Waals surface area (Å²) in [6.45, 7) is 1.70. The van der Waals surface area contributed by atoms with Crippen LogP contribution in [0, 0.1) is 0 Å². The molecule has 1 heterocycles. The number of carboxylic acids is 1. The third-order valence-corrected chi connectivity index (χ3v) is 3.29. The van der Waals surface area contributed by atoms with E-state index < -0.39 is 23.6 Å². The molecule has 92 valence electrons. The summed E-state index contributed by atoms with van der Waals surface area (Å²) in [6, 6.07) is 0. The molecular weight excluding hydrogens is 314 g/mol. The van der Waals surface area contributed by atoms with E-state index in [2.05, 4.69) is 25.1 Å². The second-order valence-electron chi connectivity index (χ2n) is 3.07. The molecule has 6 nitrogen and oxygen atoms in total. The van der Waals surface area contributed by atoms with Crippen LogP contribution in [0.2, 0.25) is 0 Å². The molecule has 0 aliphatic rings. The Balaban J connectivity index is 2.97. The summed E-state index contributed by atoms with van der Waals surface area (Å²) in [5, 5.41) is 10.3. The van der Waals surface area contributed by atoms with Gasteiger partial charge in [-0.1, -0.05) is 6.92 Å². The highest BCUT2D eigenvalue weighted by Gasteiger charge is 2.29. The number of hydrogen-bond acceptors (Lipinski definition) is 6. The Morgan fingerprint density at radius 2 is 2.24 bits per heavy atom. The van der Waals surface area contributed by atoms with Crippen molar-refractivity contribution >= 4 is 45.3 Å². The van der Waals surface area contributed by atoms with Gasteiger partial charge in [-0.2, -0.15) is 0 Å². The summed E-state index contributed by atoms with van der Waals surface area (Å²) in [6.07, 6.45) is 0.341. The number of aromatic carboxylic acids is 1. The van der Waals surface area contributed by atoms with Gasteiger partial charge >= 0.3 is 11.9 Å². The number of carboxylic acid groups (broad SMARTS) is 1. The van der Waals surface area contributed by atoms with Crippen molar-refractivity contribution in [3.8, 4) is 0 Å². The van der Waals surface area contributed by atoms with Crippen LogP contribution in [0.1, 0.15) is 34.8 Å². The second kappa shape index (κ2) is 5.87. The zero-order valence-electron chi connectivity index (χ0n) is 8.68. The van der Waals surface area contributed by atoms with Crippen molar-refractivity contribution in [2.45, 2.75) is 19.3 Å². The third kappa shape index (κ3) is 3.10. The van der Waals surface area contributed by atoms with Crippen molar-refractivity contribution in [1.82, 2.24) is 4.98 Å². The van der Waals surface area contributed by atoms with Crippen LogP contribution >= 0.6 is 27.6 Å². The third-order valence-electron chi connectivity index (χ3n) is 2.04. The molecule has 1 unspecified atom stereocenters. The first-order valence-corrected chi connectivity index (χ1v) is 6.09. The molecule has 8 heteroatoms. The zero-order valence-corrected chi connectivity index (χ0v) is 11.1. The maximum Gasteiger partial charge on any atom is 0.386 e. The first-order valence-electron chi connectivity index (χ1n) is 4.56. The zero-order chi connectivity index (χ0) is 13.0. The fraction of sp³-hybridized carbons (Fsp3) is 0.333. The van der Waals surface area contributed by atoms with Crippen LogP contribution in [0.25, 0.3) is 0 Å². The monoisotopic (exact) mass is 321 g/mol. The summed E-state index contributed by atoms with van der Waals surface area (Å²) in [7, 11) is 0. The van der Waals surface area contributed by atoms with Crippen LogP contribution in [0.3, 0.4) is 0 Å². The average Bonchev–Trinajstić information content (AvgIpc) is 2.78. The van der Waals surface area contributed by atoms with Gasteiger partial charge in [-0.25, -0.2) is 14.6 Å². The van der Waals surface area contributed by atoms with Crippen LogP contribution in [0.4, 0.5) is 0 Å². The average molecular weight is 322 g/mol. The number of hydrogen-bond donors (Lipinski definition) is 1. The fourth-order valence-electron chi connectivity index (χ4n) is 1.20. The van der Waals surface area contributed by atoms with Crippen molar-refractivity contribution in [2.75, 3.05) is 0 Å². The van der Waals surface area contributed by atoms with Crippen LogP contribution in [-0.4, -0.2) is 27.8 Å². The first-order chi connectivity index (χ1) is 8.01. The molecule has 0 saturated carbocycles. The van der Waals surface area contributed by atoms with Crippen LogP contribution in [-0.2, 0) is 13.4 Å². The van der Waals surface area contributed by atoms with Crippen molar-refractivity contribution in [1.29, 1.82) is 0 Å². The fourth-order valence-corrected chi connectivity index (χ4v) is 2.33. The minimum Gasteiger partial charge on any atom is -0.476 e. The van der Waals surface area contributed by atoms with Gasteiger partial charge in [0.25, 0.3) is 5.78 Å². The molecule has 0 spiro atoms. The van der Waals surface area contributed by atoms with Crippen molar-refractivity contribution in [2.24, 2.45) is 0 Å². The molecular formula is C9H8BrNO5S. The van der Waals surface area contributed by atoms with Gasteiger partial charge in [0.05, 0.1) is 5.92 Å². The highest BCUT2D eigenvalue weighted by atomic mass is 79.9. The lowest BCUT2D eigenvalue weighted by molar-refractivity contribution is -0.146. The largest absolute Gasteiger partial charge is 0.476 e. The van der Waals surface area contributed by atoms with Gasteiger partial charge in [0.2, 0.25) is 0 Å². The highest BCUT2D eigenvalue weighted by Crippen LogP contribution is 2.25. The molecule has 1 N–H and O–H groups in total. The standard InChI is InChI=1S/C9H8BrNO5S/c1-2-4(6(12)9(15)16-10)7-11-5(3-17-7)8(13)14/h3-4H,2H2,1H3,(H,13,14). The summed E-state index contributed by atoms with van der Waals surface area (Å²) >= 11 is 3.46. The van der Waals surface area contributed by atoms with Gasteiger partial charge < -0.3 is 8.93 Å². The van der Waals surface area contributed by atoms with Crippen molar-refractivity contribution < 1.29 is 23.3 Å². The van der Waals surface area contributed by atoms with Gasteiger partial charge in [-0.15, -0.1) is 11.3 Å². The maximum absolute atomic E-state index is 11.6. The SMILES string of the molecule is CCC(C(=O)C(=O)OBr)c1nc(C(=O)O)cs1. The summed E-state index contributed by atoms with van der Waals surface area (Å²) in [5.74, 6) is -3.71. The quantitative estimate of drug-likeness (QED) is 0.830. The number of ketones is 1. The Morgan fingerprint density at radius 1 is 1.59 bits per heavy atom. The topological polar surface area (TPSA) is 93.6 Å². The Kier molecular flexibility index (Phi) is 4.76. The number of thiazole rings is 1. The molecule has 0 radical (unpaired) electrons. The Hall–Kier alpha value is -1.28. The maximum atomic E-state index is 11.6. The number of aromatic nitrogens is 1. The molecule has 17 heavy (non-hydrogen) atoms. The van der Waals surface area contributed by atoms with Crippen molar-refractivity contribution in [3.63, 3.8) is 0 Å². The van der Waals surface area contributed by atoms with Crippen LogP contribution in [0.15, 0.2) is 5.38 Å². The van der Waals surface area contributed by atoms with E-state index >= 15 is 0 Å². The summed E-state index contributed by atoms with van der Waals surface area (Å²) in [5.41, 5.74) is -0.136. The smallest absolute Gasteiger partial charge is 0.386 e. The minimum absolute atomic E-state index is 0.136. The van der Waals surface area contributed by atoms with Crippen LogP contribution in [0.5, 0.6) is 0 Å². The molecule has 1 aromatic heterocycles. The Bertz CT molecular complexity index is 458. The number of halogens is 1. The van der Waals surface area contributed by atoms with Crippen molar-refractivity contribution in [3.05, 3.63) is 16.1 Å². The summed E-state index contributed by atoms with van der Waals surface area (Å²) < 4.78 is 4.16. The predicted octanol–water partition coefficient (Wildman–Crippen LogP) is 1.76. The van der Waals surface area contributed by atoms with Crippen LogP contribution < -0.4 is 0 Å². The molecule has 0 fully saturated rings. The summed E-state index contributed by atoms with van der Waals surface area (Å²) in [4.78, 5) is 37.1. The number of Topliss-reactive ketones (excluding diaryl/α,β-unsaturated/α-hetero) is 1. The first kappa shape index (κ1) is 13.8. The van der Waals surface area contributed by atoms with E-state index in [1.807, 2.05) is 0 Å². The van der Waals surface area contributed by atoms with Gasteiger partial charge in [-0.05, 0) is 6.42 Å². The van der Waals surface area contributed by atoms with E-state index in [1.54, 1.807) is 6.92 Å². The van der Waals surface area contributed by atoms with E-state index in [0.717, 1.165) is 11.3 Å². The van der Waals surface area contributed by atoms with E-state index in [9.17, 15) is 14.4 Å². The molecule has 0 saturated heterocycles. The number of rotatable bonds is 5. The molecule has 0 aliphatic carbocycles. The number of carbonyl (C=O) groups excluding carboxylic acids is 2. The second-order valence-corrected chi connectivity index (χ2v) is 4.28. The Labute approximate surface area is 109 Å². The van der Waals surface area contributed by atoms with E-state index in [1.165, 1.54) is 5.38 Å². The van der Waals surface area contributed by atoms with E-state index in [4.69, 9.17) is 5.11 Å². The molecule has 0 aliphatic heterocycles. The van der Waals surface area contributed by atoms with Gasteiger partial charge in [0, 0.05) is 5.38 Å². The highest BCUT2D eigenvalue weighted by molar-refractivity contribution is 9.06. The van der Waals surface area contributed by atoms with E-state index in [-0.39, 0.29) is 5.69 Å². The number of nitrogens with zero attached hydrogens (tertiary/aromatic N) is 1. The lowest BCUT2D eigenvalue weighted by Gasteiger charge is -2.07. The molecule has 0 amide bonds. The normalized spacial score (nSPS) is 11.9. The minimum atomic E-state index is -1.17. The molecule has 0 bridgehead atoms. The lowest BCUT2D eigenvalue weighted by Crippen LogP contribution is -2.21. The number of carbonyl (C=O) groups is 3. The molecule has 1 atom stereocenters. The predicted molar refractivity (Wildman–Crippen MR) is 62.1 cm³/mol. The Morgan fingerprint density at radius 3 is 2.65 bits per heavy atom. The lowest BCUT2D eigenvalue weighted by atomic mass is 10.0. The molecule has 0 aromatic carbocycles. The van der Waals surface area contributed by atoms with E-state index in [0.29, 0.717) is 11.4 Å².